The van der Waals surface area contributed by atoms with E-state index >= 15 is 0 Å². The Kier molecular flexibility index (Phi) is 7.19. The number of hydrogen-bond acceptors (Lipinski definition) is 4. The highest BCUT2D eigenvalue weighted by Gasteiger charge is 2.23. The van der Waals surface area contributed by atoms with E-state index in [1.165, 1.54) is 30.0 Å². The van der Waals surface area contributed by atoms with Gasteiger partial charge in [0.2, 0.25) is 0 Å². The molecule has 3 N–H and O–H groups in total. The average Bonchev–Trinajstić information content (AvgIpc) is 3.16. The number of nitrogens with one attached hydrogen (secondary N) is 3. The average molecular weight is 525 g/mol. The number of anilines is 2. The van der Waals surface area contributed by atoms with E-state index in [0.29, 0.717) is 38.1 Å². The van der Waals surface area contributed by atoms with Gasteiger partial charge in [0.1, 0.15) is 17.0 Å². The number of carbonyl (C=O) groups is 3. The monoisotopic (exact) mass is 524 g/mol. The number of benzene rings is 3. The van der Waals surface area contributed by atoms with Crippen LogP contribution >= 0.6 is 23.2 Å². The molecule has 4 aromatic rings. The molecule has 0 aliphatic carbocycles. The van der Waals surface area contributed by atoms with Crippen LogP contribution in [0.2, 0.25) is 10.0 Å². The zero-order valence-electron chi connectivity index (χ0n) is 19.6. The van der Waals surface area contributed by atoms with Crippen molar-refractivity contribution < 1.29 is 19.1 Å². The quantitative estimate of drug-likeness (QED) is 0.298. The summed E-state index contributed by atoms with van der Waals surface area (Å²) in [6, 6.07) is 16.8. The van der Waals surface area contributed by atoms with Gasteiger partial charge in [-0.05, 0) is 67.4 Å². The number of aryl methyl sites for hydroxylation is 2. The molecule has 1 aromatic heterocycles. The van der Waals surface area contributed by atoms with Crippen molar-refractivity contribution in [1.29, 1.82) is 0 Å². The Morgan fingerprint density at radius 2 is 1.44 bits per heavy atom. The number of hydrogen-bond donors (Lipinski definition) is 3. The van der Waals surface area contributed by atoms with E-state index in [1.807, 2.05) is 19.9 Å². The van der Waals surface area contributed by atoms with Crippen LogP contribution in [0.15, 0.2) is 60.7 Å². The predicted molar refractivity (Wildman–Crippen MR) is 142 cm³/mol. The van der Waals surface area contributed by atoms with Gasteiger partial charge < -0.3 is 15.4 Å². The zero-order valence-corrected chi connectivity index (χ0v) is 21.1. The minimum absolute atomic E-state index is 0.0538. The molecule has 0 saturated carbocycles. The number of fused-ring (bicyclic) bond motifs is 1. The maximum atomic E-state index is 13.2. The SMILES string of the molecule is COc1cccc2cc(C(=O)Nc3cc(Cl)cc(Cl)c3)n(NC(=O)C(=O)Nc3cc(C)cc(C)c3)c12. The van der Waals surface area contributed by atoms with Crippen LogP contribution in [0.25, 0.3) is 10.9 Å². The zero-order chi connectivity index (χ0) is 26.0. The smallest absolute Gasteiger partial charge is 0.328 e. The summed E-state index contributed by atoms with van der Waals surface area (Å²) in [5.74, 6) is -2.05. The Hall–Kier alpha value is -4.01. The number of ether oxygens (including phenoxy) is 1. The molecular weight excluding hydrogens is 503 g/mol. The standard InChI is InChI=1S/C26H22Cl2N4O4/c1-14-7-15(2)9-19(8-14)30-25(34)26(35)31-32-21(10-16-5-4-6-22(36-3)23(16)32)24(33)29-20-12-17(27)11-18(28)13-20/h4-13H,1-3H3,(H,29,33)(H,30,34)(H,31,35). The Labute approximate surface area is 217 Å². The third-order valence-corrected chi connectivity index (χ3v) is 5.70. The minimum Gasteiger partial charge on any atom is -0.494 e. The van der Waals surface area contributed by atoms with Gasteiger partial charge >= 0.3 is 11.8 Å². The molecule has 0 aliphatic rings. The molecular formula is C26H22Cl2N4O4. The normalized spacial score (nSPS) is 10.7. The maximum Gasteiger partial charge on any atom is 0.328 e. The summed E-state index contributed by atoms with van der Waals surface area (Å²) in [6.45, 7) is 3.78. The van der Waals surface area contributed by atoms with E-state index < -0.39 is 17.7 Å². The summed E-state index contributed by atoms with van der Waals surface area (Å²) in [5, 5.41) is 6.60. The number of amides is 3. The fourth-order valence-electron chi connectivity index (χ4n) is 3.88. The highest BCUT2D eigenvalue weighted by molar-refractivity contribution is 6.42. The summed E-state index contributed by atoms with van der Waals surface area (Å²) in [5.41, 5.74) is 5.70. The van der Waals surface area contributed by atoms with Gasteiger partial charge in [-0.25, -0.2) is 4.68 Å². The Morgan fingerprint density at radius 3 is 2.08 bits per heavy atom. The molecule has 0 bridgehead atoms. The van der Waals surface area contributed by atoms with Crippen molar-refractivity contribution in [2.45, 2.75) is 13.8 Å². The van der Waals surface area contributed by atoms with Crippen LogP contribution in [-0.2, 0) is 9.59 Å². The first-order valence-electron chi connectivity index (χ1n) is 10.8. The van der Waals surface area contributed by atoms with Crippen molar-refractivity contribution in [1.82, 2.24) is 4.68 Å². The molecule has 0 saturated heterocycles. The van der Waals surface area contributed by atoms with Crippen LogP contribution in [-0.4, -0.2) is 29.5 Å². The molecule has 4 rings (SSSR count). The first-order chi connectivity index (χ1) is 17.1. The second-order valence-corrected chi connectivity index (χ2v) is 9.02. The number of aromatic nitrogens is 1. The van der Waals surface area contributed by atoms with Gasteiger partial charge in [0.15, 0.2) is 0 Å². The molecule has 8 nitrogen and oxygen atoms in total. The predicted octanol–water partition coefficient (Wildman–Crippen LogP) is 5.53. The summed E-state index contributed by atoms with van der Waals surface area (Å²) in [4.78, 5) is 38.8. The van der Waals surface area contributed by atoms with Crippen LogP contribution in [0.4, 0.5) is 11.4 Å². The lowest BCUT2D eigenvalue weighted by atomic mass is 10.1. The molecule has 3 aromatic carbocycles. The first-order valence-corrected chi connectivity index (χ1v) is 11.6. The second-order valence-electron chi connectivity index (χ2n) is 8.15. The third-order valence-electron chi connectivity index (χ3n) is 5.26. The summed E-state index contributed by atoms with van der Waals surface area (Å²) < 4.78 is 6.66. The van der Waals surface area contributed by atoms with Crippen LogP contribution < -0.4 is 20.8 Å². The van der Waals surface area contributed by atoms with E-state index in [4.69, 9.17) is 27.9 Å². The lowest BCUT2D eigenvalue weighted by Gasteiger charge is -2.14. The molecule has 0 atom stereocenters. The number of halogens is 2. The van der Waals surface area contributed by atoms with Gasteiger partial charge in [-0.2, -0.15) is 0 Å². The van der Waals surface area contributed by atoms with Gasteiger partial charge in [-0.1, -0.05) is 41.4 Å². The molecule has 0 aliphatic heterocycles. The molecule has 0 radical (unpaired) electrons. The molecule has 184 valence electrons. The van der Waals surface area contributed by atoms with E-state index in [9.17, 15) is 14.4 Å². The van der Waals surface area contributed by atoms with Crippen molar-refractivity contribution in [2.24, 2.45) is 0 Å². The van der Waals surface area contributed by atoms with E-state index in [1.54, 1.807) is 36.4 Å². The molecule has 0 spiro atoms. The lowest BCUT2D eigenvalue weighted by molar-refractivity contribution is -0.133. The summed E-state index contributed by atoms with van der Waals surface area (Å²) in [7, 11) is 1.47. The molecule has 36 heavy (non-hydrogen) atoms. The van der Waals surface area contributed by atoms with Gasteiger partial charge in [0.05, 0.1) is 7.11 Å². The van der Waals surface area contributed by atoms with Gasteiger partial charge in [0.25, 0.3) is 5.91 Å². The number of methoxy groups -OCH3 is 1. The highest BCUT2D eigenvalue weighted by Crippen LogP contribution is 2.29. The molecule has 1 heterocycles. The van der Waals surface area contributed by atoms with Gasteiger partial charge in [-0.3, -0.25) is 19.8 Å². The highest BCUT2D eigenvalue weighted by atomic mass is 35.5. The number of carbonyl (C=O) groups excluding carboxylic acids is 3. The van der Waals surface area contributed by atoms with Crippen molar-refractivity contribution in [3.8, 4) is 5.75 Å². The molecule has 0 unspecified atom stereocenters. The van der Waals surface area contributed by atoms with Crippen LogP contribution in [0, 0.1) is 13.8 Å². The van der Waals surface area contributed by atoms with E-state index in [2.05, 4.69) is 16.1 Å². The van der Waals surface area contributed by atoms with Crippen LogP contribution in [0.3, 0.4) is 0 Å². The van der Waals surface area contributed by atoms with Gasteiger partial charge in [0, 0.05) is 26.8 Å². The van der Waals surface area contributed by atoms with Gasteiger partial charge in [-0.15, -0.1) is 0 Å². The fraction of sp³-hybridized carbons (Fsp3) is 0.115. The fourth-order valence-corrected chi connectivity index (χ4v) is 4.41. The third kappa shape index (κ3) is 5.45. The maximum absolute atomic E-state index is 13.2. The molecule has 3 amide bonds. The molecule has 10 heteroatoms. The largest absolute Gasteiger partial charge is 0.494 e. The number of nitrogens with zero attached hydrogens (tertiary/aromatic N) is 1. The van der Waals surface area contributed by atoms with E-state index in [-0.39, 0.29) is 5.69 Å². The van der Waals surface area contributed by atoms with Crippen molar-refractivity contribution in [3.63, 3.8) is 0 Å². The Morgan fingerprint density at radius 1 is 0.806 bits per heavy atom. The Balaban J connectivity index is 1.68. The van der Waals surface area contributed by atoms with E-state index in [0.717, 1.165) is 11.1 Å². The summed E-state index contributed by atoms with van der Waals surface area (Å²) >= 11 is 12.1. The number of para-hydroxylation sites is 1. The second kappa shape index (κ2) is 10.3. The molecule has 0 fully saturated rings. The Bertz CT molecular complexity index is 1470. The number of rotatable bonds is 5. The summed E-state index contributed by atoms with van der Waals surface area (Å²) in [6.07, 6.45) is 0. The van der Waals surface area contributed by atoms with Crippen molar-refractivity contribution in [3.05, 3.63) is 87.5 Å². The van der Waals surface area contributed by atoms with Crippen molar-refractivity contribution >= 4 is 63.2 Å². The van der Waals surface area contributed by atoms with Crippen LogP contribution in [0.1, 0.15) is 21.6 Å². The first kappa shape index (κ1) is 25.1. The van der Waals surface area contributed by atoms with Crippen LogP contribution in [0.5, 0.6) is 5.75 Å². The topological polar surface area (TPSA) is 101 Å². The lowest BCUT2D eigenvalue weighted by Crippen LogP contribution is -2.36. The van der Waals surface area contributed by atoms with Crippen molar-refractivity contribution in [2.75, 3.05) is 23.2 Å². The minimum atomic E-state index is -0.975.